The van der Waals surface area contributed by atoms with Crippen molar-refractivity contribution in [1.29, 1.82) is 0 Å². The molecule has 220 valence electrons. The Bertz CT molecular complexity index is 239. The number of hydrogen-bond acceptors (Lipinski definition) is 8. The van der Waals surface area contributed by atoms with E-state index in [1.165, 1.54) is 0 Å². The normalized spacial score (nSPS) is 9.88. The summed E-state index contributed by atoms with van der Waals surface area (Å²) in [6.45, 7) is 14.4. The van der Waals surface area contributed by atoms with Crippen molar-refractivity contribution in [2.24, 2.45) is 22.9 Å². The van der Waals surface area contributed by atoms with Crippen LogP contribution in [0.3, 0.4) is 0 Å². The molecule has 0 radical (unpaired) electrons. The van der Waals surface area contributed by atoms with Crippen molar-refractivity contribution in [3.63, 3.8) is 0 Å². The van der Waals surface area contributed by atoms with E-state index in [4.69, 9.17) is 43.4 Å². The van der Waals surface area contributed by atoms with Gasteiger partial charge in [0, 0.05) is 22.2 Å². The van der Waals surface area contributed by atoms with E-state index in [1.54, 1.807) is 55.4 Å². The van der Waals surface area contributed by atoms with Gasteiger partial charge in [0.25, 0.3) is 0 Å². The first-order valence-corrected chi connectivity index (χ1v) is 13.5. The topological polar surface area (TPSA) is 185 Å². The van der Waals surface area contributed by atoms with Gasteiger partial charge in [-0.25, -0.2) is 0 Å². The van der Waals surface area contributed by atoms with E-state index in [9.17, 15) is 0 Å². The van der Waals surface area contributed by atoms with E-state index in [1.807, 2.05) is 0 Å². The Kier molecular flexibility index (Phi) is 66.6. The molecule has 0 unspecified atom stereocenters. The van der Waals surface area contributed by atoms with Gasteiger partial charge in [-0.2, -0.15) is 0 Å². The summed E-state index contributed by atoms with van der Waals surface area (Å²) in [6.07, 6.45) is 0. The van der Waals surface area contributed by atoms with Gasteiger partial charge in [0.1, 0.15) is 0 Å². The zero-order valence-corrected chi connectivity index (χ0v) is 26.4. The Labute approximate surface area is 246 Å². The molecule has 0 rings (SSSR count). The zero-order chi connectivity index (χ0) is 28.8. The van der Waals surface area contributed by atoms with Crippen LogP contribution in [0.15, 0.2) is 0 Å². The number of aliphatic hydroxyl groups excluding tert-OH is 4. The summed E-state index contributed by atoms with van der Waals surface area (Å²) in [6, 6.07) is 0. The molecule has 0 amide bonds. The Hall–Kier alpha value is 2.92. The third kappa shape index (κ3) is 151. The molecule has 8 nitrogen and oxygen atoms in total. The molecule has 0 atom stereocenters. The van der Waals surface area contributed by atoms with E-state index in [0.29, 0.717) is 0 Å². The first-order chi connectivity index (χ1) is 14.2. The van der Waals surface area contributed by atoms with Gasteiger partial charge in [-0.3, -0.25) is 0 Å². The van der Waals surface area contributed by atoms with Crippen molar-refractivity contribution >= 4 is 40.4 Å². The summed E-state index contributed by atoms with van der Waals surface area (Å²) >= 11 is 14.6. The number of rotatable bonds is 4. The molecular weight excluding hydrogens is 708 g/mol. The van der Waals surface area contributed by atoms with Gasteiger partial charge in [-0.15, -0.1) is 0 Å². The molecule has 0 aromatic heterocycles. The van der Waals surface area contributed by atoms with Crippen molar-refractivity contribution in [2.75, 3.05) is 26.4 Å². The van der Waals surface area contributed by atoms with Gasteiger partial charge in [-0.1, -0.05) is 0 Å². The summed E-state index contributed by atoms with van der Waals surface area (Å²) in [4.78, 5) is 0. The van der Waals surface area contributed by atoms with Gasteiger partial charge in [-0.05, 0) is 55.4 Å². The second-order valence-electron chi connectivity index (χ2n) is 8.59. The van der Waals surface area contributed by atoms with Crippen LogP contribution in [-0.4, -0.2) is 69.0 Å². The number of aliphatic hydroxyl groups is 4. The average Bonchev–Trinajstić information content (AvgIpc) is 2.73. The summed E-state index contributed by atoms with van der Waals surface area (Å²) in [7, 11) is 16.8. The minimum atomic E-state index is -0.403. The number of nitrogens with two attached hydrogens (primary N) is 4. The van der Waals surface area contributed by atoms with Crippen molar-refractivity contribution in [2.45, 2.75) is 77.5 Å². The van der Waals surface area contributed by atoms with E-state index in [2.05, 4.69) is 101 Å². The monoisotopic (exact) mass is 748 g/mol. The Morgan fingerprint density at radius 3 is 0.438 bits per heavy atom. The van der Waals surface area contributed by atoms with Gasteiger partial charge in [0.15, 0.2) is 0 Å². The Morgan fingerprint density at radius 2 is 0.438 bits per heavy atom. The number of halogens is 4. The van der Waals surface area contributed by atoms with Crippen LogP contribution in [0.25, 0.3) is 0 Å². The maximum absolute atomic E-state index is 8.28. The fraction of sp³-hybridized carbons (Fsp3) is 1.00. The first-order valence-electron chi connectivity index (χ1n) is 8.29. The van der Waals surface area contributed by atoms with Crippen molar-refractivity contribution in [3.8, 4) is 0 Å². The van der Waals surface area contributed by atoms with Gasteiger partial charge in [0.2, 0.25) is 0 Å². The minimum absolute atomic E-state index is 0.0486. The van der Waals surface area contributed by atoms with Crippen LogP contribution in [0, 0.1) is 0 Å². The van der Waals surface area contributed by atoms with Crippen molar-refractivity contribution in [1.82, 2.24) is 0 Å². The van der Waals surface area contributed by atoms with E-state index in [0.717, 1.165) is 0 Å². The quantitative estimate of drug-likeness (QED) is 0.199. The van der Waals surface area contributed by atoms with Crippen LogP contribution < -0.4 is 22.9 Å². The summed E-state index contributed by atoms with van der Waals surface area (Å²) in [5.41, 5.74) is 19.5. The third-order valence-corrected chi connectivity index (χ3v) is 1.63. The Morgan fingerprint density at radius 1 is 0.406 bits per heavy atom. The van der Waals surface area contributed by atoms with Gasteiger partial charge in [0.05, 0.1) is 26.4 Å². The molecule has 0 aliphatic rings. The molecule has 12 N–H and O–H groups in total. The van der Waals surface area contributed by atoms with Gasteiger partial charge < -0.3 is 43.4 Å². The molecule has 0 heterocycles. The second-order valence-corrected chi connectivity index (χ2v) is 8.59. The molecule has 0 aliphatic carbocycles. The van der Waals surface area contributed by atoms with Crippen LogP contribution in [0.2, 0.25) is 0 Å². The molecule has 0 aromatic carbocycles. The molecule has 0 spiro atoms. The van der Waals surface area contributed by atoms with E-state index in [-0.39, 0.29) is 26.4 Å². The molecular formula is C16H44Cl4Cu4N4O4+4. The first kappa shape index (κ1) is 55.4. The number of hydrogen-bond donors (Lipinski definition) is 8. The zero-order valence-electron chi connectivity index (χ0n) is 19.6. The molecule has 0 aromatic rings. The SMILES string of the molecule is CC(C)(N)CO.CC(C)(N)CO.CC(C)(N)CO.CC(C)(N)CO.[Cl][Cu+].[Cl][Cu+].[Cl][Cu+].[Cl][Cu+]. The molecule has 0 saturated carbocycles. The summed E-state index contributed by atoms with van der Waals surface area (Å²) in [5.74, 6) is 0. The molecule has 0 saturated heterocycles. The fourth-order valence-corrected chi connectivity index (χ4v) is 0. The maximum atomic E-state index is 8.28. The fourth-order valence-electron chi connectivity index (χ4n) is 0. The predicted molar refractivity (Wildman–Crippen MR) is 125 cm³/mol. The van der Waals surface area contributed by atoms with Crippen LogP contribution in [0.4, 0.5) is 0 Å². The molecule has 0 aliphatic heterocycles. The summed E-state index contributed by atoms with van der Waals surface area (Å²) < 4.78 is 0. The molecule has 0 bridgehead atoms. The standard InChI is InChI=1S/4C4H11NO.4ClH.4Cu/c4*1-4(2,5)3-6;;;;;;;;/h4*6H,3,5H2,1-2H3;4*1H;;;;/q;;;;;;;;4*+2/p-4. The molecule has 32 heavy (non-hydrogen) atoms. The van der Waals surface area contributed by atoms with E-state index >= 15 is 0 Å². The van der Waals surface area contributed by atoms with Gasteiger partial charge >= 0.3 is 101 Å². The average molecular weight is 753 g/mol. The van der Waals surface area contributed by atoms with E-state index < -0.39 is 22.2 Å². The Balaban J connectivity index is -0.0000000361. The third-order valence-electron chi connectivity index (χ3n) is 1.63. The van der Waals surface area contributed by atoms with Crippen LogP contribution in [-0.2, 0) is 60.4 Å². The van der Waals surface area contributed by atoms with Crippen molar-refractivity contribution < 1.29 is 80.8 Å². The van der Waals surface area contributed by atoms with Crippen LogP contribution >= 0.6 is 40.4 Å². The van der Waals surface area contributed by atoms with Crippen molar-refractivity contribution in [3.05, 3.63) is 0 Å². The summed E-state index contributed by atoms with van der Waals surface area (Å²) in [5, 5.41) is 33.1. The molecule has 16 heteroatoms. The van der Waals surface area contributed by atoms with Crippen LogP contribution in [0.1, 0.15) is 55.4 Å². The molecule has 0 fully saturated rings. The second kappa shape index (κ2) is 38.4. The van der Waals surface area contributed by atoms with Crippen LogP contribution in [0.5, 0.6) is 0 Å². The predicted octanol–water partition coefficient (Wildman–Crippen LogP) is 1.61.